The maximum Gasteiger partial charge on any atom is 0.252 e. The monoisotopic (exact) mass is 382 g/mol. The van der Waals surface area contributed by atoms with Crippen molar-refractivity contribution in [2.45, 2.75) is 45.6 Å². The summed E-state index contributed by atoms with van der Waals surface area (Å²) in [6.45, 7) is 5.71. The van der Waals surface area contributed by atoms with Gasteiger partial charge in [-0.05, 0) is 68.6 Å². The van der Waals surface area contributed by atoms with Gasteiger partial charge in [-0.1, -0.05) is 37.3 Å². The molecule has 2 aromatic carbocycles. The molecule has 5 heteroatoms. The van der Waals surface area contributed by atoms with Crippen LogP contribution in [0.5, 0.6) is 5.75 Å². The second kappa shape index (κ2) is 11.2. The Morgan fingerprint density at radius 1 is 1.04 bits per heavy atom. The van der Waals surface area contributed by atoms with Gasteiger partial charge in [-0.2, -0.15) is 0 Å². The summed E-state index contributed by atoms with van der Waals surface area (Å²) in [4.78, 5) is 25.5. The number of hydrogen-bond acceptors (Lipinski definition) is 4. The third-order valence-corrected chi connectivity index (χ3v) is 4.66. The number of amides is 1. The van der Waals surface area contributed by atoms with Crippen LogP contribution in [0.3, 0.4) is 0 Å². The van der Waals surface area contributed by atoms with Crippen molar-refractivity contribution in [1.82, 2.24) is 10.6 Å². The molecule has 0 heterocycles. The molecule has 0 aliphatic heterocycles. The SMILES string of the molecule is CCCNCCCC(=O)C(Cc1ccc(O)cc1)NC(=O)c1ccccc1C. The van der Waals surface area contributed by atoms with Gasteiger partial charge >= 0.3 is 0 Å². The van der Waals surface area contributed by atoms with E-state index in [0.29, 0.717) is 18.4 Å². The van der Waals surface area contributed by atoms with Gasteiger partial charge in [-0.25, -0.2) is 0 Å². The van der Waals surface area contributed by atoms with Crippen molar-refractivity contribution in [2.75, 3.05) is 13.1 Å². The Bertz CT molecular complexity index is 772. The summed E-state index contributed by atoms with van der Waals surface area (Å²) in [6, 6.07) is 13.5. The van der Waals surface area contributed by atoms with E-state index in [0.717, 1.165) is 37.1 Å². The van der Waals surface area contributed by atoms with Crippen molar-refractivity contribution in [3.63, 3.8) is 0 Å². The molecule has 0 bridgehead atoms. The third-order valence-electron chi connectivity index (χ3n) is 4.66. The molecule has 0 spiro atoms. The van der Waals surface area contributed by atoms with Crippen LogP contribution in [0.1, 0.15) is 47.7 Å². The molecule has 0 radical (unpaired) electrons. The summed E-state index contributed by atoms with van der Waals surface area (Å²) < 4.78 is 0. The van der Waals surface area contributed by atoms with E-state index in [4.69, 9.17) is 0 Å². The first-order valence-corrected chi connectivity index (χ1v) is 9.89. The second-order valence-electron chi connectivity index (χ2n) is 7.03. The van der Waals surface area contributed by atoms with Crippen LogP contribution < -0.4 is 10.6 Å². The number of phenols is 1. The van der Waals surface area contributed by atoms with Gasteiger partial charge in [0.05, 0.1) is 6.04 Å². The summed E-state index contributed by atoms with van der Waals surface area (Å²) in [6.07, 6.45) is 2.61. The van der Waals surface area contributed by atoms with Gasteiger partial charge in [-0.3, -0.25) is 9.59 Å². The van der Waals surface area contributed by atoms with Gasteiger partial charge in [0.2, 0.25) is 0 Å². The van der Waals surface area contributed by atoms with Crippen LogP contribution in [0.25, 0.3) is 0 Å². The van der Waals surface area contributed by atoms with Crippen LogP contribution >= 0.6 is 0 Å². The number of carbonyl (C=O) groups is 2. The molecule has 5 nitrogen and oxygen atoms in total. The Kier molecular flexibility index (Phi) is 8.69. The molecule has 3 N–H and O–H groups in total. The fraction of sp³-hybridized carbons (Fsp3) is 0.391. The molecule has 1 atom stereocenters. The molecule has 0 saturated carbocycles. The number of carbonyl (C=O) groups excluding carboxylic acids is 2. The maximum atomic E-state index is 12.8. The highest BCUT2D eigenvalue weighted by Crippen LogP contribution is 2.14. The van der Waals surface area contributed by atoms with Gasteiger partial charge in [-0.15, -0.1) is 0 Å². The molecule has 2 rings (SSSR count). The second-order valence-corrected chi connectivity index (χ2v) is 7.03. The van der Waals surface area contributed by atoms with Crippen molar-refractivity contribution >= 4 is 11.7 Å². The van der Waals surface area contributed by atoms with Crippen molar-refractivity contribution in [3.05, 3.63) is 65.2 Å². The third kappa shape index (κ3) is 6.82. The van der Waals surface area contributed by atoms with Crippen LogP contribution in [0.15, 0.2) is 48.5 Å². The minimum Gasteiger partial charge on any atom is -0.508 e. The van der Waals surface area contributed by atoms with E-state index in [2.05, 4.69) is 17.6 Å². The van der Waals surface area contributed by atoms with Crippen molar-refractivity contribution in [2.24, 2.45) is 0 Å². The van der Waals surface area contributed by atoms with Crippen LogP contribution in [-0.4, -0.2) is 35.9 Å². The molecule has 2 aromatic rings. The Balaban J connectivity index is 2.06. The molecule has 0 aromatic heterocycles. The Labute approximate surface area is 167 Å². The molecular formula is C23H30N2O3. The molecule has 150 valence electrons. The van der Waals surface area contributed by atoms with Gasteiger partial charge in [0, 0.05) is 12.0 Å². The first-order chi connectivity index (χ1) is 13.5. The van der Waals surface area contributed by atoms with Gasteiger partial charge < -0.3 is 15.7 Å². The highest BCUT2D eigenvalue weighted by molar-refractivity contribution is 5.99. The van der Waals surface area contributed by atoms with Crippen molar-refractivity contribution < 1.29 is 14.7 Å². The molecule has 1 amide bonds. The number of Topliss-reactive ketones (excluding diaryl/α,β-unsaturated/α-hetero) is 1. The highest BCUT2D eigenvalue weighted by atomic mass is 16.3. The van der Waals surface area contributed by atoms with Crippen molar-refractivity contribution in [3.8, 4) is 5.75 Å². The molecule has 0 aliphatic rings. The lowest BCUT2D eigenvalue weighted by atomic mass is 9.98. The number of benzene rings is 2. The molecule has 28 heavy (non-hydrogen) atoms. The number of ketones is 1. The zero-order chi connectivity index (χ0) is 20.4. The summed E-state index contributed by atoms with van der Waals surface area (Å²) in [7, 11) is 0. The predicted molar refractivity (Wildman–Crippen MR) is 112 cm³/mol. The van der Waals surface area contributed by atoms with E-state index in [1.165, 1.54) is 0 Å². The minimum absolute atomic E-state index is 0.0216. The smallest absolute Gasteiger partial charge is 0.252 e. The maximum absolute atomic E-state index is 12.8. The Hall–Kier alpha value is -2.66. The average molecular weight is 383 g/mol. The van der Waals surface area contributed by atoms with Crippen LogP contribution in [0, 0.1) is 6.92 Å². The first-order valence-electron chi connectivity index (χ1n) is 9.89. The number of hydrogen-bond donors (Lipinski definition) is 3. The largest absolute Gasteiger partial charge is 0.508 e. The van der Waals surface area contributed by atoms with Crippen LogP contribution in [-0.2, 0) is 11.2 Å². The Morgan fingerprint density at radius 3 is 2.43 bits per heavy atom. The van der Waals surface area contributed by atoms with E-state index in [9.17, 15) is 14.7 Å². The zero-order valence-corrected chi connectivity index (χ0v) is 16.7. The fourth-order valence-corrected chi connectivity index (χ4v) is 3.04. The molecule has 0 fully saturated rings. The van der Waals surface area contributed by atoms with Gasteiger partial charge in [0.25, 0.3) is 5.91 Å². The fourth-order valence-electron chi connectivity index (χ4n) is 3.04. The summed E-state index contributed by atoms with van der Waals surface area (Å²) >= 11 is 0. The average Bonchev–Trinajstić information content (AvgIpc) is 2.69. The minimum atomic E-state index is -0.595. The summed E-state index contributed by atoms with van der Waals surface area (Å²) in [5.41, 5.74) is 2.35. The number of rotatable bonds is 11. The van der Waals surface area contributed by atoms with E-state index >= 15 is 0 Å². The highest BCUT2D eigenvalue weighted by Gasteiger charge is 2.22. The number of aryl methyl sites for hydroxylation is 1. The summed E-state index contributed by atoms with van der Waals surface area (Å²) in [5, 5.41) is 15.7. The Morgan fingerprint density at radius 2 is 1.75 bits per heavy atom. The lowest BCUT2D eigenvalue weighted by Crippen LogP contribution is -2.42. The lowest BCUT2D eigenvalue weighted by molar-refractivity contribution is -0.121. The quantitative estimate of drug-likeness (QED) is 0.521. The first kappa shape index (κ1) is 21.6. The van der Waals surface area contributed by atoms with E-state index < -0.39 is 6.04 Å². The van der Waals surface area contributed by atoms with E-state index in [1.54, 1.807) is 30.3 Å². The predicted octanol–water partition coefficient (Wildman–Crippen LogP) is 3.39. The van der Waals surface area contributed by atoms with Crippen LogP contribution in [0.4, 0.5) is 0 Å². The molecule has 0 aliphatic carbocycles. The van der Waals surface area contributed by atoms with Crippen LogP contribution in [0.2, 0.25) is 0 Å². The molecular weight excluding hydrogens is 352 g/mol. The standard InChI is InChI=1S/C23H30N2O3/c1-3-14-24-15-6-9-22(27)21(16-18-10-12-19(26)13-11-18)25-23(28)20-8-5-4-7-17(20)2/h4-5,7-8,10-13,21,24,26H,3,6,9,14-16H2,1-2H3,(H,25,28). The van der Waals surface area contributed by atoms with Gasteiger partial charge in [0.15, 0.2) is 5.78 Å². The number of nitrogens with one attached hydrogen (secondary N) is 2. The van der Waals surface area contributed by atoms with Gasteiger partial charge in [0.1, 0.15) is 5.75 Å². The zero-order valence-electron chi connectivity index (χ0n) is 16.7. The lowest BCUT2D eigenvalue weighted by Gasteiger charge is -2.19. The normalized spacial score (nSPS) is 11.8. The van der Waals surface area contributed by atoms with E-state index in [1.807, 2.05) is 25.1 Å². The number of aromatic hydroxyl groups is 1. The summed E-state index contributed by atoms with van der Waals surface area (Å²) in [5.74, 6) is -0.0368. The van der Waals surface area contributed by atoms with E-state index in [-0.39, 0.29) is 17.4 Å². The number of phenolic OH excluding ortho intramolecular Hbond substituents is 1. The topological polar surface area (TPSA) is 78.4 Å². The van der Waals surface area contributed by atoms with Crippen molar-refractivity contribution in [1.29, 1.82) is 0 Å². The molecule has 1 unspecified atom stereocenters. The molecule has 0 saturated heterocycles.